The van der Waals surface area contributed by atoms with Crippen molar-refractivity contribution >= 4 is 33.1 Å². The molecule has 24 heavy (non-hydrogen) atoms. The highest BCUT2D eigenvalue weighted by Crippen LogP contribution is 2.21. The molecule has 2 aromatic carbocycles. The lowest BCUT2D eigenvalue weighted by Crippen LogP contribution is -2.12. The number of anilines is 1. The number of nitrogens with zero attached hydrogens (tertiary/aromatic N) is 1. The zero-order valence-corrected chi connectivity index (χ0v) is 14.4. The van der Waals surface area contributed by atoms with E-state index in [2.05, 4.69) is 5.32 Å². The number of aryl methyl sites for hydroxylation is 2. The van der Waals surface area contributed by atoms with E-state index in [0.29, 0.717) is 18.5 Å². The molecular weight excluding hydrogens is 324 g/mol. The van der Waals surface area contributed by atoms with Gasteiger partial charge in [-0.3, -0.25) is 9.59 Å². The fraction of sp³-hybridized carbons (Fsp3) is 0.222. The number of amides is 1. The Labute approximate surface area is 143 Å². The molecule has 0 saturated carbocycles. The van der Waals surface area contributed by atoms with E-state index in [0.717, 1.165) is 21.5 Å². The van der Waals surface area contributed by atoms with Crippen LogP contribution in [0.15, 0.2) is 47.3 Å². The van der Waals surface area contributed by atoms with Crippen molar-refractivity contribution in [1.82, 2.24) is 4.57 Å². The lowest BCUT2D eigenvalue weighted by molar-refractivity contribution is -0.116. The first-order chi connectivity index (χ1) is 11.6. The molecular formula is C18H18N2O3S. The Kier molecular flexibility index (Phi) is 4.66. The molecule has 1 amide bonds. The van der Waals surface area contributed by atoms with Crippen LogP contribution in [0, 0.1) is 0 Å². The molecule has 1 N–H and O–H groups in total. The van der Waals surface area contributed by atoms with E-state index >= 15 is 0 Å². The summed E-state index contributed by atoms with van der Waals surface area (Å²) in [4.78, 5) is 23.8. The summed E-state index contributed by atoms with van der Waals surface area (Å²) in [5.41, 5.74) is 2.67. The minimum absolute atomic E-state index is 0.00650. The van der Waals surface area contributed by atoms with Gasteiger partial charge < -0.3 is 14.6 Å². The highest BCUT2D eigenvalue weighted by atomic mass is 32.1. The van der Waals surface area contributed by atoms with E-state index < -0.39 is 0 Å². The summed E-state index contributed by atoms with van der Waals surface area (Å²) in [7, 11) is 3.37. The molecule has 0 unspecified atom stereocenters. The van der Waals surface area contributed by atoms with Crippen LogP contribution in [0.5, 0.6) is 5.75 Å². The van der Waals surface area contributed by atoms with Gasteiger partial charge in [0.05, 0.1) is 17.3 Å². The second-order valence-electron chi connectivity index (χ2n) is 5.51. The number of fused-ring (bicyclic) bond motifs is 1. The SMILES string of the molecule is COc1ccc(CCC(=O)Nc2ccc3c(c2)sc(=O)n3C)cc1. The predicted octanol–water partition coefficient (Wildman–Crippen LogP) is 3.18. The number of hydrogen-bond donors (Lipinski definition) is 1. The third-order valence-electron chi connectivity index (χ3n) is 3.88. The van der Waals surface area contributed by atoms with E-state index in [9.17, 15) is 9.59 Å². The smallest absolute Gasteiger partial charge is 0.307 e. The molecule has 124 valence electrons. The van der Waals surface area contributed by atoms with Gasteiger partial charge in [-0.1, -0.05) is 23.5 Å². The molecule has 0 fully saturated rings. The molecule has 0 atom stereocenters. The summed E-state index contributed by atoms with van der Waals surface area (Å²) in [5.74, 6) is 0.756. The van der Waals surface area contributed by atoms with Crippen molar-refractivity contribution in [3.8, 4) is 5.75 Å². The average Bonchev–Trinajstić information content (AvgIpc) is 2.87. The molecule has 6 heteroatoms. The van der Waals surface area contributed by atoms with Gasteiger partial charge in [-0.2, -0.15) is 0 Å². The van der Waals surface area contributed by atoms with Gasteiger partial charge in [0.25, 0.3) is 0 Å². The largest absolute Gasteiger partial charge is 0.497 e. The van der Waals surface area contributed by atoms with Gasteiger partial charge in [-0.25, -0.2) is 0 Å². The first-order valence-corrected chi connectivity index (χ1v) is 8.41. The van der Waals surface area contributed by atoms with E-state index in [1.807, 2.05) is 42.5 Å². The number of rotatable bonds is 5. The second kappa shape index (κ2) is 6.88. The number of hydrogen-bond acceptors (Lipinski definition) is 4. The molecule has 1 heterocycles. The van der Waals surface area contributed by atoms with E-state index in [1.165, 1.54) is 11.3 Å². The zero-order chi connectivity index (χ0) is 17.1. The maximum absolute atomic E-state index is 12.1. The van der Waals surface area contributed by atoms with Gasteiger partial charge in [-0.15, -0.1) is 0 Å². The lowest BCUT2D eigenvalue weighted by Gasteiger charge is -2.06. The van der Waals surface area contributed by atoms with Gasteiger partial charge in [0.1, 0.15) is 5.75 Å². The van der Waals surface area contributed by atoms with Crippen molar-refractivity contribution in [3.63, 3.8) is 0 Å². The van der Waals surface area contributed by atoms with E-state index in [-0.39, 0.29) is 10.8 Å². The first-order valence-electron chi connectivity index (χ1n) is 7.59. The van der Waals surface area contributed by atoms with Gasteiger partial charge in [0.2, 0.25) is 5.91 Å². The Morgan fingerprint density at radius 3 is 2.67 bits per heavy atom. The predicted molar refractivity (Wildman–Crippen MR) is 97.0 cm³/mol. The summed E-state index contributed by atoms with van der Waals surface area (Å²) < 4.78 is 7.59. The van der Waals surface area contributed by atoms with Crippen LogP contribution in [-0.4, -0.2) is 17.6 Å². The molecule has 0 radical (unpaired) electrons. The molecule has 3 rings (SSSR count). The Hall–Kier alpha value is -2.60. The maximum atomic E-state index is 12.1. The van der Waals surface area contributed by atoms with Crippen LogP contribution in [0.3, 0.4) is 0 Å². The standard InChI is InChI=1S/C18H18N2O3S/c1-20-15-9-6-13(11-16(15)24-18(20)22)19-17(21)10-5-12-3-7-14(23-2)8-4-12/h3-4,6-9,11H,5,10H2,1-2H3,(H,19,21). The molecule has 0 saturated heterocycles. The molecule has 1 aromatic heterocycles. The number of thiazole rings is 1. The summed E-state index contributed by atoms with van der Waals surface area (Å²) in [6, 6.07) is 13.2. The Morgan fingerprint density at radius 1 is 1.21 bits per heavy atom. The molecule has 0 aliphatic rings. The van der Waals surface area contributed by atoms with Crippen LogP contribution < -0.4 is 14.9 Å². The Bertz CT molecular complexity index is 926. The van der Waals surface area contributed by atoms with Crippen LogP contribution in [0.2, 0.25) is 0 Å². The van der Waals surface area contributed by atoms with Crippen molar-refractivity contribution in [2.24, 2.45) is 7.05 Å². The van der Waals surface area contributed by atoms with E-state index in [1.54, 1.807) is 18.7 Å². The monoisotopic (exact) mass is 342 g/mol. The maximum Gasteiger partial charge on any atom is 0.307 e. The normalized spacial score (nSPS) is 10.8. The van der Waals surface area contributed by atoms with Gasteiger partial charge in [0, 0.05) is 19.2 Å². The summed E-state index contributed by atoms with van der Waals surface area (Å²) in [6.07, 6.45) is 1.06. The van der Waals surface area contributed by atoms with Crippen LogP contribution in [0.25, 0.3) is 10.2 Å². The number of carbonyl (C=O) groups excluding carboxylic acids is 1. The van der Waals surface area contributed by atoms with Gasteiger partial charge in [0.15, 0.2) is 0 Å². The minimum Gasteiger partial charge on any atom is -0.497 e. The first kappa shape index (κ1) is 16.3. The molecule has 3 aromatic rings. The van der Waals surface area contributed by atoms with Crippen LogP contribution in [0.4, 0.5) is 5.69 Å². The molecule has 0 bridgehead atoms. The third kappa shape index (κ3) is 3.49. The van der Waals surface area contributed by atoms with Crippen molar-refractivity contribution in [1.29, 1.82) is 0 Å². The fourth-order valence-electron chi connectivity index (χ4n) is 2.49. The fourth-order valence-corrected chi connectivity index (χ4v) is 3.40. The van der Waals surface area contributed by atoms with Crippen LogP contribution in [-0.2, 0) is 18.3 Å². The summed E-state index contributed by atoms with van der Waals surface area (Å²) in [5, 5.41) is 2.89. The number of carbonyl (C=O) groups is 1. The number of ether oxygens (including phenoxy) is 1. The zero-order valence-electron chi connectivity index (χ0n) is 13.5. The van der Waals surface area contributed by atoms with Crippen molar-refractivity contribution < 1.29 is 9.53 Å². The third-order valence-corrected chi connectivity index (χ3v) is 4.87. The average molecular weight is 342 g/mol. The summed E-state index contributed by atoms with van der Waals surface area (Å²) in [6.45, 7) is 0. The van der Waals surface area contributed by atoms with Crippen molar-refractivity contribution in [2.75, 3.05) is 12.4 Å². The van der Waals surface area contributed by atoms with Crippen molar-refractivity contribution in [3.05, 3.63) is 57.7 Å². The number of benzene rings is 2. The van der Waals surface area contributed by atoms with Crippen molar-refractivity contribution in [2.45, 2.75) is 12.8 Å². The van der Waals surface area contributed by atoms with Crippen LogP contribution in [0.1, 0.15) is 12.0 Å². The highest BCUT2D eigenvalue weighted by Gasteiger charge is 2.07. The summed E-state index contributed by atoms with van der Waals surface area (Å²) >= 11 is 1.18. The molecule has 0 aliphatic carbocycles. The molecule has 0 spiro atoms. The second-order valence-corrected chi connectivity index (χ2v) is 6.50. The minimum atomic E-state index is -0.0477. The number of methoxy groups -OCH3 is 1. The Morgan fingerprint density at radius 2 is 1.96 bits per heavy atom. The van der Waals surface area contributed by atoms with E-state index in [4.69, 9.17) is 4.74 Å². The number of nitrogens with one attached hydrogen (secondary N) is 1. The topological polar surface area (TPSA) is 60.3 Å². The van der Waals surface area contributed by atoms with Gasteiger partial charge in [-0.05, 0) is 42.3 Å². The highest BCUT2D eigenvalue weighted by molar-refractivity contribution is 7.16. The quantitative estimate of drug-likeness (QED) is 0.775. The molecule has 0 aliphatic heterocycles. The number of aromatic nitrogens is 1. The molecule has 5 nitrogen and oxygen atoms in total. The lowest BCUT2D eigenvalue weighted by atomic mass is 10.1. The van der Waals surface area contributed by atoms with Gasteiger partial charge >= 0.3 is 4.87 Å². The Balaban J connectivity index is 1.62. The van der Waals surface area contributed by atoms with Crippen LogP contribution >= 0.6 is 11.3 Å².